The lowest BCUT2D eigenvalue weighted by Crippen LogP contribution is -2.45. The molecule has 1 N–H and O–H groups in total. The van der Waals surface area contributed by atoms with E-state index < -0.39 is 5.60 Å². The van der Waals surface area contributed by atoms with E-state index in [4.69, 9.17) is 34.8 Å². The lowest BCUT2D eigenvalue weighted by Gasteiger charge is -2.45. The van der Waals surface area contributed by atoms with E-state index >= 15 is 0 Å². The van der Waals surface area contributed by atoms with Crippen molar-refractivity contribution in [2.24, 2.45) is 11.8 Å². The van der Waals surface area contributed by atoms with Crippen LogP contribution in [-0.2, 0) is 12.0 Å². The summed E-state index contributed by atoms with van der Waals surface area (Å²) in [5.74, 6) is 0.652. The van der Waals surface area contributed by atoms with Gasteiger partial charge in [0.15, 0.2) is 0 Å². The number of hydrogen-bond donors (Lipinski definition) is 1. The molecule has 0 radical (unpaired) electrons. The van der Waals surface area contributed by atoms with Gasteiger partial charge < -0.3 is 10.0 Å². The SMILES string of the molecule is CN(C)CC1CC(Cc2ccc(Cl)cc2)CCC1(O)c1cc(Cl)cc(Cl)c1. The summed E-state index contributed by atoms with van der Waals surface area (Å²) in [6, 6.07) is 13.5. The molecule has 0 aliphatic heterocycles. The molecule has 1 fully saturated rings. The van der Waals surface area contributed by atoms with Crippen molar-refractivity contribution in [3.05, 3.63) is 68.7 Å². The fourth-order valence-electron chi connectivity index (χ4n) is 4.33. The molecule has 3 rings (SSSR count). The Bertz CT molecular complexity index is 757. The third-order valence-electron chi connectivity index (χ3n) is 5.61. The second kappa shape index (κ2) is 8.71. The van der Waals surface area contributed by atoms with Gasteiger partial charge in [-0.05, 0) is 87.2 Å². The van der Waals surface area contributed by atoms with Crippen LogP contribution >= 0.6 is 34.8 Å². The van der Waals surface area contributed by atoms with E-state index in [1.807, 2.05) is 38.4 Å². The number of nitrogens with zero attached hydrogens (tertiary/aromatic N) is 1. The van der Waals surface area contributed by atoms with Crippen LogP contribution < -0.4 is 0 Å². The number of halogens is 3. The molecule has 2 nitrogen and oxygen atoms in total. The van der Waals surface area contributed by atoms with Gasteiger partial charge in [0.2, 0.25) is 0 Å². The van der Waals surface area contributed by atoms with Crippen LogP contribution in [0, 0.1) is 11.8 Å². The largest absolute Gasteiger partial charge is 0.385 e. The van der Waals surface area contributed by atoms with E-state index in [2.05, 4.69) is 17.0 Å². The Balaban J connectivity index is 1.82. The predicted molar refractivity (Wildman–Crippen MR) is 115 cm³/mol. The standard InChI is InChI=1S/C22H26Cl3NO/c1-26(2)14-18-10-16(9-15-3-5-19(23)6-4-15)7-8-22(18,27)17-11-20(24)13-21(25)12-17/h3-6,11-13,16,18,27H,7-10,14H2,1-2H3. The maximum absolute atomic E-state index is 11.7. The Morgan fingerprint density at radius 3 is 2.22 bits per heavy atom. The van der Waals surface area contributed by atoms with Crippen molar-refractivity contribution < 1.29 is 5.11 Å². The first-order chi connectivity index (χ1) is 12.8. The van der Waals surface area contributed by atoms with Gasteiger partial charge in [-0.2, -0.15) is 0 Å². The number of rotatable bonds is 5. The second-order valence-corrected chi connectivity index (χ2v) is 9.32. The maximum Gasteiger partial charge on any atom is 0.0938 e. The predicted octanol–water partition coefficient (Wildman–Crippen LogP) is 6.06. The van der Waals surface area contributed by atoms with Crippen LogP contribution in [0.5, 0.6) is 0 Å². The van der Waals surface area contributed by atoms with Crippen LogP contribution in [0.25, 0.3) is 0 Å². The molecule has 0 heterocycles. The van der Waals surface area contributed by atoms with Crippen molar-refractivity contribution in [3.8, 4) is 0 Å². The third kappa shape index (κ3) is 5.19. The first kappa shape index (κ1) is 21.0. The van der Waals surface area contributed by atoms with E-state index in [0.717, 1.165) is 36.4 Å². The Morgan fingerprint density at radius 1 is 1.00 bits per heavy atom. The molecule has 0 aromatic heterocycles. The molecule has 3 unspecified atom stereocenters. The van der Waals surface area contributed by atoms with Gasteiger partial charge in [0, 0.05) is 27.5 Å². The Labute approximate surface area is 177 Å². The molecule has 0 saturated heterocycles. The zero-order valence-electron chi connectivity index (χ0n) is 15.8. The van der Waals surface area contributed by atoms with Crippen molar-refractivity contribution >= 4 is 34.8 Å². The minimum absolute atomic E-state index is 0.119. The molecule has 1 aliphatic rings. The van der Waals surface area contributed by atoms with Crippen molar-refractivity contribution in [1.29, 1.82) is 0 Å². The molecule has 3 atom stereocenters. The van der Waals surface area contributed by atoms with Crippen LogP contribution in [0.1, 0.15) is 30.4 Å². The minimum atomic E-state index is -0.907. The highest BCUT2D eigenvalue weighted by Gasteiger charge is 2.43. The summed E-state index contributed by atoms with van der Waals surface area (Å²) >= 11 is 18.4. The van der Waals surface area contributed by atoms with Crippen LogP contribution in [0.15, 0.2) is 42.5 Å². The molecule has 27 heavy (non-hydrogen) atoms. The molecule has 2 aromatic rings. The Morgan fingerprint density at radius 2 is 1.63 bits per heavy atom. The summed E-state index contributed by atoms with van der Waals surface area (Å²) in [4.78, 5) is 2.15. The lowest BCUT2D eigenvalue weighted by atomic mass is 9.66. The molecule has 0 spiro atoms. The van der Waals surface area contributed by atoms with E-state index in [-0.39, 0.29) is 5.92 Å². The topological polar surface area (TPSA) is 23.5 Å². The van der Waals surface area contributed by atoms with Gasteiger partial charge in [-0.25, -0.2) is 0 Å². The third-order valence-corrected chi connectivity index (χ3v) is 6.30. The summed E-state index contributed by atoms with van der Waals surface area (Å²) in [6.07, 6.45) is 3.64. The minimum Gasteiger partial charge on any atom is -0.385 e. The van der Waals surface area contributed by atoms with E-state index in [9.17, 15) is 5.11 Å². The van der Waals surface area contributed by atoms with Crippen molar-refractivity contribution in [3.63, 3.8) is 0 Å². The fourth-order valence-corrected chi connectivity index (χ4v) is 4.98. The maximum atomic E-state index is 11.7. The summed E-state index contributed by atoms with van der Waals surface area (Å²) < 4.78 is 0. The lowest BCUT2D eigenvalue weighted by molar-refractivity contribution is -0.0752. The quantitative estimate of drug-likeness (QED) is 0.628. The van der Waals surface area contributed by atoms with Crippen molar-refractivity contribution in [2.45, 2.75) is 31.3 Å². The van der Waals surface area contributed by atoms with Crippen LogP contribution in [-0.4, -0.2) is 30.6 Å². The highest BCUT2D eigenvalue weighted by molar-refractivity contribution is 6.34. The Kier molecular flexibility index (Phi) is 6.76. The molecule has 0 bridgehead atoms. The van der Waals surface area contributed by atoms with Crippen LogP contribution in [0.2, 0.25) is 15.1 Å². The zero-order chi connectivity index (χ0) is 19.6. The smallest absolute Gasteiger partial charge is 0.0938 e. The summed E-state index contributed by atoms with van der Waals surface area (Å²) in [6.45, 7) is 0.817. The van der Waals surface area contributed by atoms with Crippen LogP contribution in [0.3, 0.4) is 0 Å². The summed E-state index contributed by atoms with van der Waals surface area (Å²) in [5.41, 5.74) is 1.22. The van der Waals surface area contributed by atoms with Crippen LogP contribution in [0.4, 0.5) is 0 Å². The van der Waals surface area contributed by atoms with Gasteiger partial charge in [0.25, 0.3) is 0 Å². The highest BCUT2D eigenvalue weighted by atomic mass is 35.5. The van der Waals surface area contributed by atoms with E-state index in [0.29, 0.717) is 22.4 Å². The molecule has 0 amide bonds. The molecule has 146 valence electrons. The van der Waals surface area contributed by atoms with Gasteiger partial charge in [-0.1, -0.05) is 46.9 Å². The molecular formula is C22H26Cl3NO. The number of hydrogen-bond acceptors (Lipinski definition) is 2. The van der Waals surface area contributed by atoms with Gasteiger partial charge in [0.05, 0.1) is 5.60 Å². The second-order valence-electron chi connectivity index (χ2n) is 8.01. The first-order valence-corrected chi connectivity index (χ1v) is 10.5. The monoisotopic (exact) mass is 425 g/mol. The number of benzene rings is 2. The fraction of sp³-hybridized carbons (Fsp3) is 0.455. The van der Waals surface area contributed by atoms with Crippen molar-refractivity contribution in [2.75, 3.05) is 20.6 Å². The van der Waals surface area contributed by atoms with Gasteiger partial charge in [0.1, 0.15) is 0 Å². The highest BCUT2D eigenvalue weighted by Crippen LogP contribution is 2.46. The molecule has 2 aromatic carbocycles. The average Bonchev–Trinajstić information content (AvgIpc) is 2.59. The summed E-state index contributed by atoms with van der Waals surface area (Å²) in [7, 11) is 4.10. The molecule has 1 saturated carbocycles. The van der Waals surface area contributed by atoms with E-state index in [1.165, 1.54) is 5.56 Å². The average molecular weight is 427 g/mol. The van der Waals surface area contributed by atoms with Gasteiger partial charge in [-0.3, -0.25) is 0 Å². The van der Waals surface area contributed by atoms with Gasteiger partial charge in [-0.15, -0.1) is 0 Å². The first-order valence-electron chi connectivity index (χ1n) is 9.34. The Hall–Kier alpha value is -0.770. The van der Waals surface area contributed by atoms with Crippen molar-refractivity contribution in [1.82, 2.24) is 4.90 Å². The normalized spacial score (nSPS) is 25.7. The molecule has 5 heteroatoms. The van der Waals surface area contributed by atoms with Gasteiger partial charge >= 0.3 is 0 Å². The van der Waals surface area contributed by atoms with E-state index in [1.54, 1.807) is 6.07 Å². The zero-order valence-corrected chi connectivity index (χ0v) is 18.0. The molecule has 1 aliphatic carbocycles. The summed E-state index contributed by atoms with van der Waals surface area (Å²) in [5, 5.41) is 13.6. The number of aliphatic hydroxyl groups is 1. The molecular weight excluding hydrogens is 401 g/mol.